The number of non-ortho nitro benzene ring substituents is 1. The number of thioether (sulfide) groups is 1. The number of hydrogen-bond acceptors (Lipinski definition) is 5. The van der Waals surface area contributed by atoms with Gasteiger partial charge in [-0.25, -0.2) is 0 Å². The summed E-state index contributed by atoms with van der Waals surface area (Å²) < 4.78 is 0. The Hall–Kier alpha value is -1.66. The Kier molecular flexibility index (Phi) is 4.34. The van der Waals surface area contributed by atoms with E-state index in [1.165, 1.54) is 12.3 Å². The summed E-state index contributed by atoms with van der Waals surface area (Å²) in [6.45, 7) is 2.10. The number of hydrogen-bond donors (Lipinski definition) is 1. The number of rotatable bonds is 5. The molecule has 0 aliphatic carbocycles. The fraction of sp³-hybridized carbons (Fsp3) is 0.308. The Bertz CT molecular complexity index is 603. The van der Waals surface area contributed by atoms with Crippen LogP contribution in [0.1, 0.15) is 6.92 Å². The average molecular weight is 278 g/mol. The van der Waals surface area contributed by atoms with Crippen molar-refractivity contribution in [2.24, 2.45) is 5.92 Å². The van der Waals surface area contributed by atoms with E-state index in [1.54, 1.807) is 30.1 Å². The first kappa shape index (κ1) is 13.8. The molecule has 0 saturated heterocycles. The lowest BCUT2D eigenvalue weighted by Gasteiger charge is -2.09. The lowest BCUT2D eigenvalue weighted by Crippen LogP contribution is -2.03. The summed E-state index contributed by atoms with van der Waals surface area (Å²) in [4.78, 5) is 15.5. The van der Waals surface area contributed by atoms with E-state index < -0.39 is 4.92 Å². The number of fused-ring (bicyclic) bond motifs is 1. The molecular weight excluding hydrogens is 264 g/mol. The molecule has 100 valence electrons. The number of nitrogens with zero attached hydrogens (tertiary/aromatic N) is 2. The van der Waals surface area contributed by atoms with E-state index in [9.17, 15) is 10.1 Å². The molecule has 1 atom stereocenters. The third-order valence-electron chi connectivity index (χ3n) is 2.79. The second-order valence-electron chi connectivity index (χ2n) is 4.36. The lowest BCUT2D eigenvalue weighted by molar-refractivity contribution is -0.383. The van der Waals surface area contributed by atoms with Crippen LogP contribution in [-0.2, 0) is 0 Å². The monoisotopic (exact) mass is 278 g/mol. The fourth-order valence-electron chi connectivity index (χ4n) is 1.72. The van der Waals surface area contributed by atoms with Gasteiger partial charge in [0.2, 0.25) is 0 Å². The molecule has 0 bridgehead atoms. The number of nitro benzene ring substituents is 1. The van der Waals surface area contributed by atoms with Gasteiger partial charge in [-0.05, 0) is 18.1 Å². The van der Waals surface area contributed by atoms with Crippen LogP contribution in [0, 0.1) is 16.0 Å². The highest BCUT2D eigenvalue weighted by atomic mass is 32.2. The van der Waals surface area contributed by atoms with E-state index in [4.69, 9.17) is 5.11 Å². The van der Waals surface area contributed by atoms with Crippen LogP contribution in [0.25, 0.3) is 10.8 Å². The number of aromatic nitrogens is 1. The SMILES string of the molecule is C[C@@H](CO)CSc1ccc([N+](=O)[O-])c2cnccc12. The molecule has 5 nitrogen and oxygen atoms in total. The first-order chi connectivity index (χ1) is 9.13. The van der Waals surface area contributed by atoms with Crippen LogP contribution in [0.5, 0.6) is 0 Å². The smallest absolute Gasteiger partial charge is 0.278 e. The van der Waals surface area contributed by atoms with Crippen molar-refractivity contribution < 1.29 is 10.0 Å². The highest BCUT2D eigenvalue weighted by molar-refractivity contribution is 7.99. The third kappa shape index (κ3) is 3.02. The molecule has 2 aromatic rings. The zero-order valence-corrected chi connectivity index (χ0v) is 11.3. The molecule has 19 heavy (non-hydrogen) atoms. The van der Waals surface area contributed by atoms with Crippen LogP contribution in [-0.4, -0.2) is 27.4 Å². The number of pyridine rings is 1. The van der Waals surface area contributed by atoms with Gasteiger partial charge in [-0.3, -0.25) is 15.1 Å². The van der Waals surface area contributed by atoms with Crippen molar-refractivity contribution in [3.8, 4) is 0 Å². The van der Waals surface area contributed by atoms with E-state index in [1.807, 2.05) is 6.92 Å². The molecule has 0 spiro atoms. The topological polar surface area (TPSA) is 76.3 Å². The summed E-state index contributed by atoms with van der Waals surface area (Å²) in [5.74, 6) is 0.961. The molecule has 1 aromatic carbocycles. The molecule has 6 heteroatoms. The third-order valence-corrected chi connectivity index (χ3v) is 4.19. The highest BCUT2D eigenvalue weighted by Crippen LogP contribution is 2.33. The van der Waals surface area contributed by atoms with Crippen molar-refractivity contribution in [1.29, 1.82) is 0 Å². The second-order valence-corrected chi connectivity index (χ2v) is 5.42. The van der Waals surface area contributed by atoms with Crippen LogP contribution in [0.3, 0.4) is 0 Å². The largest absolute Gasteiger partial charge is 0.396 e. The molecular formula is C13H14N2O3S. The highest BCUT2D eigenvalue weighted by Gasteiger charge is 2.14. The van der Waals surface area contributed by atoms with Gasteiger partial charge in [0.15, 0.2) is 0 Å². The van der Waals surface area contributed by atoms with Crippen LogP contribution < -0.4 is 0 Å². The van der Waals surface area contributed by atoms with Gasteiger partial charge in [0, 0.05) is 41.1 Å². The van der Waals surface area contributed by atoms with Gasteiger partial charge in [0.05, 0.1) is 10.3 Å². The molecule has 0 aliphatic heterocycles. The van der Waals surface area contributed by atoms with E-state index in [2.05, 4.69) is 4.98 Å². The van der Waals surface area contributed by atoms with Gasteiger partial charge in [-0.1, -0.05) is 6.92 Å². The standard InChI is InChI=1S/C13H14N2O3S/c1-9(7-16)8-19-13-3-2-12(15(17)18)11-6-14-5-4-10(11)13/h2-6,9,16H,7-8H2,1H3/t9-/m0/s1. The minimum absolute atomic E-state index is 0.0719. The van der Waals surface area contributed by atoms with E-state index >= 15 is 0 Å². The van der Waals surface area contributed by atoms with Crippen LogP contribution in [0.15, 0.2) is 35.5 Å². The first-order valence-corrected chi connectivity index (χ1v) is 6.86. The normalized spacial score (nSPS) is 12.5. The van der Waals surface area contributed by atoms with E-state index in [0.29, 0.717) is 5.39 Å². The van der Waals surface area contributed by atoms with Gasteiger partial charge in [0.1, 0.15) is 0 Å². The predicted molar refractivity (Wildman–Crippen MR) is 75.4 cm³/mol. The Morgan fingerprint density at radius 1 is 1.42 bits per heavy atom. The maximum atomic E-state index is 11.0. The maximum absolute atomic E-state index is 11.0. The number of aliphatic hydroxyl groups is 1. The molecule has 0 unspecified atom stereocenters. The van der Waals surface area contributed by atoms with Crippen LogP contribution >= 0.6 is 11.8 Å². The Morgan fingerprint density at radius 3 is 2.89 bits per heavy atom. The molecule has 1 N–H and O–H groups in total. The van der Waals surface area contributed by atoms with Gasteiger partial charge in [-0.2, -0.15) is 0 Å². The van der Waals surface area contributed by atoms with Gasteiger partial charge < -0.3 is 5.11 Å². The maximum Gasteiger partial charge on any atom is 0.278 e. The fourth-order valence-corrected chi connectivity index (χ4v) is 2.78. The molecule has 0 saturated carbocycles. The Balaban J connectivity index is 2.41. The lowest BCUT2D eigenvalue weighted by atomic mass is 10.1. The number of benzene rings is 1. The number of aliphatic hydroxyl groups excluding tert-OH is 1. The Labute approximate surface area is 114 Å². The summed E-state index contributed by atoms with van der Waals surface area (Å²) >= 11 is 1.59. The molecule has 2 rings (SSSR count). The predicted octanol–water partition coefficient (Wildman–Crippen LogP) is 2.86. The summed E-state index contributed by atoms with van der Waals surface area (Å²) in [7, 11) is 0. The molecule has 0 amide bonds. The zero-order valence-electron chi connectivity index (χ0n) is 10.4. The quantitative estimate of drug-likeness (QED) is 0.517. The minimum atomic E-state index is -0.394. The molecule has 0 radical (unpaired) electrons. The van der Waals surface area contributed by atoms with E-state index in [-0.39, 0.29) is 18.2 Å². The van der Waals surface area contributed by atoms with E-state index in [0.717, 1.165) is 16.0 Å². The van der Waals surface area contributed by atoms with Crippen molar-refractivity contribution >= 4 is 28.2 Å². The van der Waals surface area contributed by atoms with Gasteiger partial charge in [-0.15, -0.1) is 11.8 Å². The van der Waals surface area contributed by atoms with Crippen LogP contribution in [0.2, 0.25) is 0 Å². The Morgan fingerprint density at radius 2 is 2.21 bits per heavy atom. The number of nitro groups is 1. The molecule has 1 heterocycles. The summed E-state index contributed by atoms with van der Waals surface area (Å²) in [5.41, 5.74) is 0.0719. The van der Waals surface area contributed by atoms with Crippen molar-refractivity contribution in [2.75, 3.05) is 12.4 Å². The van der Waals surface area contributed by atoms with Crippen molar-refractivity contribution in [1.82, 2.24) is 4.98 Å². The average Bonchev–Trinajstić information content (AvgIpc) is 2.43. The first-order valence-electron chi connectivity index (χ1n) is 5.88. The molecule has 1 aromatic heterocycles. The van der Waals surface area contributed by atoms with Crippen LogP contribution in [0.4, 0.5) is 5.69 Å². The summed E-state index contributed by atoms with van der Waals surface area (Å²) in [5, 5.41) is 21.4. The second kappa shape index (κ2) is 5.99. The summed E-state index contributed by atoms with van der Waals surface area (Å²) in [6, 6.07) is 5.06. The van der Waals surface area contributed by atoms with Crippen molar-refractivity contribution in [3.05, 3.63) is 40.7 Å². The van der Waals surface area contributed by atoms with Crippen molar-refractivity contribution in [3.63, 3.8) is 0 Å². The summed E-state index contributed by atoms with van der Waals surface area (Å²) in [6.07, 6.45) is 3.15. The van der Waals surface area contributed by atoms with Gasteiger partial charge in [0.25, 0.3) is 5.69 Å². The molecule has 0 aliphatic rings. The minimum Gasteiger partial charge on any atom is -0.396 e. The molecule has 0 fully saturated rings. The zero-order chi connectivity index (χ0) is 13.8. The van der Waals surface area contributed by atoms with Gasteiger partial charge >= 0.3 is 0 Å². The van der Waals surface area contributed by atoms with Crippen molar-refractivity contribution in [2.45, 2.75) is 11.8 Å².